The van der Waals surface area contributed by atoms with Gasteiger partial charge in [0, 0.05) is 20.1 Å². The summed E-state index contributed by atoms with van der Waals surface area (Å²) in [6.07, 6.45) is 3.29. The molecule has 1 aliphatic heterocycles. The lowest BCUT2D eigenvalue weighted by Gasteiger charge is -2.27. The molecule has 0 aromatic carbocycles. The van der Waals surface area contributed by atoms with Gasteiger partial charge < -0.3 is 10.2 Å². The van der Waals surface area contributed by atoms with Crippen LogP contribution < -0.4 is 5.32 Å². The number of nitrogens with zero attached hydrogens (tertiary/aromatic N) is 1. The molecule has 88 valence electrons. The Kier molecular flexibility index (Phi) is 5.09. The van der Waals surface area contributed by atoms with E-state index < -0.39 is 0 Å². The third kappa shape index (κ3) is 4.20. The van der Waals surface area contributed by atoms with Gasteiger partial charge in [-0.3, -0.25) is 4.79 Å². The van der Waals surface area contributed by atoms with Gasteiger partial charge in [-0.05, 0) is 31.7 Å². The van der Waals surface area contributed by atoms with Crippen molar-refractivity contribution in [2.24, 2.45) is 11.8 Å². The number of carbonyl (C=O) groups is 1. The molecule has 1 N–H and O–H groups in total. The van der Waals surface area contributed by atoms with Crippen molar-refractivity contribution in [3.8, 4) is 0 Å². The molecule has 0 spiro atoms. The second-order valence-corrected chi connectivity index (χ2v) is 4.99. The summed E-state index contributed by atoms with van der Waals surface area (Å²) in [6, 6.07) is 0. The second kappa shape index (κ2) is 6.11. The van der Waals surface area contributed by atoms with E-state index in [0.29, 0.717) is 11.8 Å². The maximum atomic E-state index is 12.0. The Morgan fingerprint density at radius 3 is 2.80 bits per heavy atom. The lowest BCUT2D eigenvalue weighted by molar-refractivity contribution is -0.134. The molecule has 0 aromatic rings. The van der Waals surface area contributed by atoms with E-state index in [1.807, 2.05) is 11.9 Å². The van der Waals surface area contributed by atoms with Crippen LogP contribution in [0.1, 0.15) is 33.1 Å². The van der Waals surface area contributed by atoms with E-state index in [1.165, 1.54) is 0 Å². The highest BCUT2D eigenvalue weighted by Crippen LogP contribution is 2.13. The van der Waals surface area contributed by atoms with Crippen LogP contribution in [0.5, 0.6) is 0 Å². The van der Waals surface area contributed by atoms with E-state index in [0.717, 1.165) is 38.9 Å². The molecule has 0 aromatic heterocycles. The van der Waals surface area contributed by atoms with E-state index in [1.54, 1.807) is 0 Å². The second-order valence-electron chi connectivity index (χ2n) is 4.99. The minimum absolute atomic E-state index is 0.218. The SMILES string of the molecule is CC(C)CCN(C)C(=O)[C@H]1CCCNC1. The number of piperidine rings is 1. The van der Waals surface area contributed by atoms with Crippen LogP contribution in [0.15, 0.2) is 0 Å². The third-order valence-corrected chi connectivity index (χ3v) is 3.06. The fraction of sp³-hybridized carbons (Fsp3) is 0.917. The molecule has 0 aliphatic carbocycles. The molecule has 1 fully saturated rings. The number of amides is 1. The first-order chi connectivity index (χ1) is 7.11. The first-order valence-corrected chi connectivity index (χ1v) is 6.07. The topological polar surface area (TPSA) is 32.3 Å². The van der Waals surface area contributed by atoms with Crippen molar-refractivity contribution in [3.63, 3.8) is 0 Å². The normalized spacial score (nSPS) is 21.7. The number of carbonyl (C=O) groups excluding carboxylic acids is 1. The van der Waals surface area contributed by atoms with Crippen LogP contribution in [-0.2, 0) is 4.79 Å². The number of rotatable bonds is 4. The average Bonchev–Trinajstić information content (AvgIpc) is 2.26. The Hall–Kier alpha value is -0.570. The largest absolute Gasteiger partial charge is 0.345 e. The fourth-order valence-electron chi connectivity index (χ4n) is 1.94. The molecule has 1 amide bonds. The molecule has 1 rings (SSSR count). The maximum absolute atomic E-state index is 12.0. The van der Waals surface area contributed by atoms with Crippen molar-refractivity contribution in [2.75, 3.05) is 26.7 Å². The van der Waals surface area contributed by atoms with Crippen molar-refractivity contribution in [2.45, 2.75) is 33.1 Å². The molecule has 0 unspecified atom stereocenters. The maximum Gasteiger partial charge on any atom is 0.226 e. The van der Waals surface area contributed by atoms with Crippen LogP contribution >= 0.6 is 0 Å². The molecule has 1 saturated heterocycles. The lowest BCUT2D eigenvalue weighted by atomic mass is 9.98. The van der Waals surface area contributed by atoms with Gasteiger partial charge in [-0.25, -0.2) is 0 Å². The van der Waals surface area contributed by atoms with Gasteiger partial charge in [0.15, 0.2) is 0 Å². The Morgan fingerprint density at radius 1 is 1.53 bits per heavy atom. The molecule has 1 aliphatic rings. The van der Waals surface area contributed by atoms with Gasteiger partial charge in [0.1, 0.15) is 0 Å². The number of hydrogen-bond acceptors (Lipinski definition) is 2. The van der Waals surface area contributed by atoms with Gasteiger partial charge in [-0.2, -0.15) is 0 Å². The highest BCUT2D eigenvalue weighted by molar-refractivity contribution is 5.78. The summed E-state index contributed by atoms with van der Waals surface area (Å²) in [7, 11) is 1.93. The zero-order valence-electron chi connectivity index (χ0n) is 10.3. The fourth-order valence-corrected chi connectivity index (χ4v) is 1.94. The zero-order valence-corrected chi connectivity index (χ0v) is 10.3. The summed E-state index contributed by atoms with van der Waals surface area (Å²) in [4.78, 5) is 13.9. The van der Waals surface area contributed by atoms with Crippen LogP contribution in [0.4, 0.5) is 0 Å². The first-order valence-electron chi connectivity index (χ1n) is 6.07. The van der Waals surface area contributed by atoms with Crippen LogP contribution in [-0.4, -0.2) is 37.5 Å². The smallest absolute Gasteiger partial charge is 0.226 e. The van der Waals surface area contributed by atoms with Crippen LogP contribution in [0.25, 0.3) is 0 Å². The van der Waals surface area contributed by atoms with Gasteiger partial charge >= 0.3 is 0 Å². The molecule has 0 saturated carbocycles. The van der Waals surface area contributed by atoms with Gasteiger partial charge in [0.25, 0.3) is 0 Å². The zero-order chi connectivity index (χ0) is 11.3. The third-order valence-electron chi connectivity index (χ3n) is 3.06. The quantitative estimate of drug-likeness (QED) is 0.766. The van der Waals surface area contributed by atoms with E-state index in [9.17, 15) is 4.79 Å². The molecule has 0 bridgehead atoms. The van der Waals surface area contributed by atoms with Crippen LogP contribution in [0.3, 0.4) is 0 Å². The standard InChI is InChI=1S/C12H24N2O/c1-10(2)6-8-14(3)12(15)11-5-4-7-13-9-11/h10-11,13H,4-9H2,1-3H3/t11-/m0/s1. The first kappa shape index (κ1) is 12.5. The molecular formula is C12H24N2O. The lowest BCUT2D eigenvalue weighted by Crippen LogP contribution is -2.41. The van der Waals surface area contributed by atoms with Gasteiger partial charge in [0.05, 0.1) is 5.92 Å². The number of hydrogen-bond donors (Lipinski definition) is 1. The molecule has 0 radical (unpaired) electrons. The highest BCUT2D eigenvalue weighted by Gasteiger charge is 2.23. The number of nitrogens with one attached hydrogen (secondary N) is 1. The molecule has 15 heavy (non-hydrogen) atoms. The summed E-state index contributed by atoms with van der Waals surface area (Å²) in [6.45, 7) is 7.22. The van der Waals surface area contributed by atoms with Crippen molar-refractivity contribution in [3.05, 3.63) is 0 Å². The Bertz CT molecular complexity index is 198. The monoisotopic (exact) mass is 212 g/mol. The molecule has 3 nitrogen and oxygen atoms in total. The molecule has 1 atom stereocenters. The molecule has 1 heterocycles. The van der Waals surface area contributed by atoms with Crippen LogP contribution in [0, 0.1) is 11.8 Å². The Balaban J connectivity index is 2.30. The van der Waals surface area contributed by atoms with Gasteiger partial charge in [0.2, 0.25) is 5.91 Å². The Morgan fingerprint density at radius 2 is 2.27 bits per heavy atom. The summed E-state index contributed by atoms with van der Waals surface area (Å²) in [5.41, 5.74) is 0. The Labute approximate surface area is 93.2 Å². The van der Waals surface area contributed by atoms with Crippen molar-refractivity contribution in [1.82, 2.24) is 10.2 Å². The average molecular weight is 212 g/mol. The molecule has 3 heteroatoms. The van der Waals surface area contributed by atoms with E-state index in [-0.39, 0.29) is 5.92 Å². The van der Waals surface area contributed by atoms with Crippen molar-refractivity contribution >= 4 is 5.91 Å². The van der Waals surface area contributed by atoms with E-state index in [4.69, 9.17) is 0 Å². The van der Waals surface area contributed by atoms with Crippen molar-refractivity contribution in [1.29, 1.82) is 0 Å². The van der Waals surface area contributed by atoms with Gasteiger partial charge in [-0.15, -0.1) is 0 Å². The van der Waals surface area contributed by atoms with Crippen molar-refractivity contribution < 1.29 is 4.79 Å². The molecular weight excluding hydrogens is 188 g/mol. The predicted molar refractivity (Wildman–Crippen MR) is 62.7 cm³/mol. The van der Waals surface area contributed by atoms with Crippen LogP contribution in [0.2, 0.25) is 0 Å². The summed E-state index contributed by atoms with van der Waals surface area (Å²) < 4.78 is 0. The predicted octanol–water partition coefficient (Wildman–Crippen LogP) is 1.49. The summed E-state index contributed by atoms with van der Waals surface area (Å²) in [5.74, 6) is 1.21. The van der Waals surface area contributed by atoms with E-state index >= 15 is 0 Å². The highest BCUT2D eigenvalue weighted by atomic mass is 16.2. The minimum Gasteiger partial charge on any atom is -0.345 e. The van der Waals surface area contributed by atoms with Gasteiger partial charge in [-0.1, -0.05) is 13.8 Å². The van der Waals surface area contributed by atoms with E-state index in [2.05, 4.69) is 19.2 Å². The summed E-state index contributed by atoms with van der Waals surface area (Å²) in [5, 5.41) is 3.29. The summed E-state index contributed by atoms with van der Waals surface area (Å²) >= 11 is 0. The minimum atomic E-state index is 0.218.